The van der Waals surface area contributed by atoms with Gasteiger partial charge in [0.1, 0.15) is 11.5 Å². The highest BCUT2D eigenvalue weighted by atomic mass is 16.3. The zero-order chi connectivity index (χ0) is 16.7. The summed E-state index contributed by atoms with van der Waals surface area (Å²) in [5.74, 6) is 1.13. The highest BCUT2D eigenvalue weighted by Gasteiger charge is 2.38. The van der Waals surface area contributed by atoms with Crippen LogP contribution in [-0.4, -0.2) is 22.1 Å². The zero-order valence-electron chi connectivity index (χ0n) is 13.7. The first-order chi connectivity index (χ1) is 11.6. The van der Waals surface area contributed by atoms with Gasteiger partial charge < -0.3 is 19.7 Å². The Labute approximate surface area is 141 Å². The van der Waals surface area contributed by atoms with E-state index in [1.54, 1.807) is 12.3 Å². The van der Waals surface area contributed by atoms with Gasteiger partial charge >= 0.3 is 6.03 Å². The summed E-state index contributed by atoms with van der Waals surface area (Å²) >= 11 is 0. The number of urea groups is 1. The number of phenols is 1. The van der Waals surface area contributed by atoms with Crippen molar-refractivity contribution >= 4 is 6.03 Å². The van der Waals surface area contributed by atoms with E-state index >= 15 is 0 Å². The van der Waals surface area contributed by atoms with E-state index in [-0.39, 0.29) is 24.2 Å². The van der Waals surface area contributed by atoms with Crippen LogP contribution in [0.2, 0.25) is 0 Å². The lowest BCUT2D eigenvalue weighted by atomic mass is 10.1. The third kappa shape index (κ3) is 2.64. The Bertz CT molecular complexity index is 737. The summed E-state index contributed by atoms with van der Waals surface area (Å²) in [5, 5.41) is 13.1. The van der Waals surface area contributed by atoms with Crippen LogP contribution in [0.5, 0.6) is 5.75 Å². The average Bonchev–Trinajstić information content (AvgIpc) is 3.09. The van der Waals surface area contributed by atoms with Crippen molar-refractivity contribution in [2.45, 2.75) is 50.7 Å². The van der Waals surface area contributed by atoms with Gasteiger partial charge in [0.2, 0.25) is 0 Å². The Hall–Kier alpha value is -2.43. The molecule has 24 heavy (non-hydrogen) atoms. The Balaban J connectivity index is 1.52. The summed E-state index contributed by atoms with van der Waals surface area (Å²) in [6, 6.07) is 9.41. The molecule has 2 atom stereocenters. The number of aromatic hydroxyl groups is 1. The number of furan rings is 1. The smallest absolute Gasteiger partial charge is 0.318 e. The minimum absolute atomic E-state index is 0.0374. The maximum Gasteiger partial charge on any atom is 0.318 e. The van der Waals surface area contributed by atoms with Crippen LogP contribution in [0.25, 0.3) is 0 Å². The summed E-state index contributed by atoms with van der Waals surface area (Å²) in [6.07, 6.45) is 5.35. The second kappa shape index (κ2) is 5.89. The lowest BCUT2D eigenvalue weighted by molar-refractivity contribution is 0.162. The molecule has 5 heteroatoms. The van der Waals surface area contributed by atoms with E-state index in [4.69, 9.17) is 4.42 Å². The number of hydrogen-bond acceptors (Lipinski definition) is 3. The number of nitrogens with zero attached hydrogens (tertiary/aromatic N) is 1. The minimum atomic E-state index is -0.0856. The number of carbonyl (C=O) groups excluding carboxylic acids is 1. The minimum Gasteiger partial charge on any atom is -0.508 e. The molecule has 2 aliphatic rings. The predicted molar refractivity (Wildman–Crippen MR) is 89.7 cm³/mol. The van der Waals surface area contributed by atoms with Crippen LogP contribution in [0.4, 0.5) is 4.79 Å². The number of fused-ring (bicyclic) bond motifs is 1. The van der Waals surface area contributed by atoms with Crippen LogP contribution in [-0.2, 0) is 6.42 Å². The molecule has 0 radical (unpaired) electrons. The number of carbonyl (C=O) groups is 1. The normalized spacial score (nSPS) is 20.5. The summed E-state index contributed by atoms with van der Waals surface area (Å²) < 4.78 is 5.49. The van der Waals surface area contributed by atoms with Crippen molar-refractivity contribution < 1.29 is 14.3 Å². The molecule has 0 saturated heterocycles. The van der Waals surface area contributed by atoms with Gasteiger partial charge in [-0.2, -0.15) is 0 Å². The van der Waals surface area contributed by atoms with E-state index < -0.39 is 0 Å². The Morgan fingerprint density at radius 3 is 2.83 bits per heavy atom. The lowest BCUT2D eigenvalue weighted by Gasteiger charge is -2.30. The SMILES string of the molecule is C[C@@H](c1ccco1)N(C(=O)N[C@H]1CCc2c(O)cccc21)C1CC1. The van der Waals surface area contributed by atoms with Gasteiger partial charge in [0.15, 0.2) is 0 Å². The van der Waals surface area contributed by atoms with E-state index in [1.807, 2.05) is 36.1 Å². The second-order valence-corrected chi connectivity index (χ2v) is 6.72. The van der Waals surface area contributed by atoms with Gasteiger partial charge in [-0.1, -0.05) is 12.1 Å². The maximum absolute atomic E-state index is 12.9. The van der Waals surface area contributed by atoms with E-state index in [2.05, 4.69) is 5.32 Å². The molecule has 0 aliphatic heterocycles. The Kier molecular flexibility index (Phi) is 3.71. The van der Waals surface area contributed by atoms with Gasteiger partial charge in [0.25, 0.3) is 0 Å². The molecule has 1 saturated carbocycles. The molecule has 2 N–H and O–H groups in total. The highest BCUT2D eigenvalue weighted by Crippen LogP contribution is 2.38. The molecule has 2 aliphatic carbocycles. The van der Waals surface area contributed by atoms with Crippen LogP contribution < -0.4 is 5.32 Å². The molecule has 1 heterocycles. The molecule has 1 aromatic heterocycles. The quantitative estimate of drug-likeness (QED) is 0.895. The van der Waals surface area contributed by atoms with Crippen LogP contribution in [0.1, 0.15) is 55.2 Å². The summed E-state index contributed by atoms with van der Waals surface area (Å²) in [7, 11) is 0. The maximum atomic E-state index is 12.9. The Morgan fingerprint density at radius 2 is 2.12 bits per heavy atom. The van der Waals surface area contributed by atoms with Crippen molar-refractivity contribution in [3.05, 3.63) is 53.5 Å². The van der Waals surface area contributed by atoms with Crippen molar-refractivity contribution in [3.63, 3.8) is 0 Å². The monoisotopic (exact) mass is 326 g/mol. The molecule has 1 aromatic carbocycles. The Morgan fingerprint density at radius 1 is 1.29 bits per heavy atom. The molecule has 0 unspecified atom stereocenters. The van der Waals surface area contributed by atoms with Crippen molar-refractivity contribution in [2.75, 3.05) is 0 Å². The first-order valence-electron chi connectivity index (χ1n) is 8.58. The molecule has 2 amide bonds. The zero-order valence-corrected chi connectivity index (χ0v) is 13.7. The first kappa shape index (κ1) is 15.1. The molecule has 0 bridgehead atoms. The van der Waals surface area contributed by atoms with Gasteiger partial charge in [0.05, 0.1) is 18.3 Å². The number of nitrogens with one attached hydrogen (secondary N) is 1. The van der Waals surface area contributed by atoms with Crippen LogP contribution >= 0.6 is 0 Å². The highest BCUT2D eigenvalue weighted by molar-refractivity contribution is 5.76. The molecular weight excluding hydrogens is 304 g/mol. The van der Waals surface area contributed by atoms with Crippen molar-refractivity contribution in [3.8, 4) is 5.75 Å². The van der Waals surface area contributed by atoms with Crippen LogP contribution in [0.3, 0.4) is 0 Å². The molecular formula is C19H22N2O3. The van der Waals surface area contributed by atoms with Gasteiger partial charge in [0, 0.05) is 6.04 Å². The van der Waals surface area contributed by atoms with Gasteiger partial charge in [-0.3, -0.25) is 0 Å². The van der Waals surface area contributed by atoms with E-state index in [0.29, 0.717) is 5.75 Å². The molecule has 5 nitrogen and oxygen atoms in total. The van der Waals surface area contributed by atoms with Crippen molar-refractivity contribution in [1.29, 1.82) is 0 Å². The van der Waals surface area contributed by atoms with Crippen molar-refractivity contribution in [1.82, 2.24) is 10.2 Å². The molecule has 0 spiro atoms. The summed E-state index contributed by atoms with van der Waals surface area (Å²) in [6.45, 7) is 2.01. The van der Waals surface area contributed by atoms with Crippen molar-refractivity contribution in [2.24, 2.45) is 0 Å². The number of amides is 2. The van der Waals surface area contributed by atoms with Gasteiger partial charge in [-0.15, -0.1) is 0 Å². The number of benzene rings is 1. The van der Waals surface area contributed by atoms with E-state index in [0.717, 1.165) is 42.6 Å². The van der Waals surface area contributed by atoms with E-state index in [1.165, 1.54) is 0 Å². The number of phenolic OH excluding ortho intramolecular Hbond substituents is 1. The summed E-state index contributed by atoms with van der Waals surface area (Å²) in [4.78, 5) is 14.8. The topological polar surface area (TPSA) is 65.7 Å². The molecule has 4 rings (SSSR count). The summed E-state index contributed by atoms with van der Waals surface area (Å²) in [5.41, 5.74) is 1.99. The standard InChI is InChI=1S/C19H22N2O3/c1-12(18-6-3-11-24-18)21(13-7-8-13)19(23)20-16-10-9-15-14(16)4-2-5-17(15)22/h2-6,11-13,16,22H,7-10H2,1H3,(H,20,23)/t12-,16-/m0/s1. The fraction of sp³-hybridized carbons (Fsp3) is 0.421. The van der Waals surface area contributed by atoms with Gasteiger partial charge in [-0.05, 0) is 61.9 Å². The van der Waals surface area contributed by atoms with Gasteiger partial charge in [-0.25, -0.2) is 4.79 Å². The van der Waals surface area contributed by atoms with Crippen LogP contribution in [0, 0.1) is 0 Å². The fourth-order valence-electron chi connectivity index (χ4n) is 3.69. The number of rotatable bonds is 4. The molecule has 126 valence electrons. The number of hydrogen-bond donors (Lipinski definition) is 2. The molecule has 1 fully saturated rings. The predicted octanol–water partition coefficient (Wildman–Crippen LogP) is 3.91. The second-order valence-electron chi connectivity index (χ2n) is 6.72. The third-order valence-electron chi connectivity index (χ3n) is 5.09. The fourth-order valence-corrected chi connectivity index (χ4v) is 3.69. The van der Waals surface area contributed by atoms with E-state index in [9.17, 15) is 9.90 Å². The third-order valence-corrected chi connectivity index (χ3v) is 5.09. The molecule has 2 aromatic rings. The average molecular weight is 326 g/mol. The largest absolute Gasteiger partial charge is 0.508 e. The lowest BCUT2D eigenvalue weighted by Crippen LogP contribution is -2.43. The van der Waals surface area contributed by atoms with Crippen LogP contribution in [0.15, 0.2) is 41.0 Å². The first-order valence-corrected chi connectivity index (χ1v) is 8.58.